The predicted octanol–water partition coefficient (Wildman–Crippen LogP) is 1.56. The van der Waals surface area contributed by atoms with Crippen molar-refractivity contribution >= 4 is 27.4 Å². The van der Waals surface area contributed by atoms with Crippen LogP contribution in [0.5, 0.6) is 0 Å². The lowest BCUT2D eigenvalue weighted by molar-refractivity contribution is 0.272. The molecule has 0 spiro atoms. The van der Waals surface area contributed by atoms with Crippen LogP contribution in [0.3, 0.4) is 0 Å². The molecule has 0 aromatic heterocycles. The van der Waals surface area contributed by atoms with Crippen molar-refractivity contribution in [3.63, 3.8) is 0 Å². The third-order valence-corrected chi connectivity index (χ3v) is 1.88. The molecular formula is C7H14NSSi. The molecule has 0 aliphatic rings. The lowest BCUT2D eigenvalue weighted by atomic mass is 10.1. The van der Waals surface area contributed by atoms with Crippen molar-refractivity contribution in [1.29, 1.82) is 0 Å². The fraction of sp³-hybridized carbons (Fsp3) is 0.857. The van der Waals surface area contributed by atoms with E-state index in [-0.39, 0.29) is 5.54 Å². The first kappa shape index (κ1) is 10.1. The van der Waals surface area contributed by atoms with Crippen molar-refractivity contribution < 1.29 is 0 Å². The van der Waals surface area contributed by atoms with Crippen molar-refractivity contribution in [3.05, 3.63) is 0 Å². The minimum absolute atomic E-state index is 0.133. The maximum absolute atomic E-state index is 5.06. The fourth-order valence-electron chi connectivity index (χ4n) is 0.821. The molecule has 10 heavy (non-hydrogen) atoms. The van der Waals surface area contributed by atoms with E-state index in [4.69, 9.17) is 12.2 Å². The quantitative estimate of drug-likeness (QED) is 0.436. The number of nitrogens with zero attached hydrogens (tertiary/aromatic N) is 1. The van der Waals surface area contributed by atoms with Crippen molar-refractivity contribution in [1.82, 2.24) is 4.90 Å². The molecule has 0 atom stereocenters. The Labute approximate surface area is 72.2 Å². The van der Waals surface area contributed by atoms with Gasteiger partial charge >= 0.3 is 0 Å². The van der Waals surface area contributed by atoms with Gasteiger partial charge in [-0.15, -0.1) is 0 Å². The summed E-state index contributed by atoms with van der Waals surface area (Å²) in [6, 6.07) is 0. The van der Waals surface area contributed by atoms with Crippen LogP contribution in [0.4, 0.5) is 0 Å². The molecule has 0 aromatic rings. The Morgan fingerprint density at radius 1 is 1.50 bits per heavy atom. The molecule has 57 valence electrons. The molecule has 3 radical (unpaired) electrons. The molecular weight excluding hydrogens is 158 g/mol. The second-order valence-corrected chi connectivity index (χ2v) is 4.18. The van der Waals surface area contributed by atoms with Gasteiger partial charge in [0.15, 0.2) is 0 Å². The zero-order chi connectivity index (χ0) is 8.36. The summed E-state index contributed by atoms with van der Waals surface area (Å²) >= 11 is 5.06. The number of hydrogen-bond acceptors (Lipinski definition) is 1. The molecule has 0 aliphatic carbocycles. The molecule has 0 saturated heterocycles. The molecule has 0 heterocycles. The van der Waals surface area contributed by atoms with Crippen molar-refractivity contribution in [2.45, 2.75) is 33.2 Å². The molecule has 0 unspecified atom stereocenters. The Bertz CT molecular complexity index is 128. The van der Waals surface area contributed by atoms with Gasteiger partial charge in [0, 0.05) is 11.7 Å². The molecule has 0 aliphatic heterocycles. The van der Waals surface area contributed by atoms with Gasteiger partial charge in [0.2, 0.25) is 0 Å². The first-order valence-corrected chi connectivity index (χ1v) is 4.44. The Morgan fingerprint density at radius 2 is 1.90 bits per heavy atom. The highest BCUT2D eigenvalue weighted by molar-refractivity contribution is 7.80. The largest absolute Gasteiger partial charge is 0.365 e. The number of rotatable bonds is 1. The summed E-state index contributed by atoms with van der Waals surface area (Å²) in [6.07, 6.45) is 0.804. The van der Waals surface area contributed by atoms with Gasteiger partial charge in [-0.2, -0.15) is 0 Å². The first-order chi connectivity index (χ1) is 4.39. The molecule has 0 N–H and O–H groups in total. The summed E-state index contributed by atoms with van der Waals surface area (Å²) in [6.45, 7) is 8.37. The summed E-state index contributed by atoms with van der Waals surface area (Å²) in [4.78, 5) is 3.06. The van der Waals surface area contributed by atoms with E-state index in [0.29, 0.717) is 0 Å². The van der Waals surface area contributed by atoms with Gasteiger partial charge in [-0.05, 0) is 27.7 Å². The van der Waals surface area contributed by atoms with Crippen molar-refractivity contribution in [2.75, 3.05) is 6.17 Å². The third kappa shape index (κ3) is 2.79. The Kier molecular flexibility index (Phi) is 3.52. The second-order valence-electron chi connectivity index (χ2n) is 3.28. The lowest BCUT2D eigenvalue weighted by Crippen LogP contribution is -2.44. The molecule has 0 amide bonds. The zero-order valence-electron chi connectivity index (χ0n) is 7.06. The normalized spacial score (nSPS) is 11.3. The summed E-state index contributed by atoms with van der Waals surface area (Å²) < 4.78 is 0. The van der Waals surface area contributed by atoms with Crippen LogP contribution < -0.4 is 0 Å². The van der Waals surface area contributed by atoms with E-state index < -0.39 is 0 Å². The molecule has 0 aromatic carbocycles. The van der Waals surface area contributed by atoms with Gasteiger partial charge in [0.05, 0.1) is 15.2 Å². The van der Waals surface area contributed by atoms with Crippen LogP contribution in [0.2, 0.25) is 0 Å². The summed E-state index contributed by atoms with van der Waals surface area (Å²) in [5.74, 6) is 0. The minimum atomic E-state index is 0.133. The topological polar surface area (TPSA) is 3.24 Å². The number of hydrogen-bond donors (Lipinski definition) is 0. The van der Waals surface area contributed by atoms with E-state index in [1.54, 1.807) is 0 Å². The lowest BCUT2D eigenvalue weighted by Gasteiger charge is -2.35. The van der Waals surface area contributed by atoms with Crippen molar-refractivity contribution in [2.24, 2.45) is 0 Å². The van der Waals surface area contributed by atoms with E-state index >= 15 is 0 Å². The van der Waals surface area contributed by atoms with Crippen LogP contribution in [0, 0.1) is 0 Å². The van der Waals surface area contributed by atoms with Crippen LogP contribution in [0.25, 0.3) is 0 Å². The summed E-state index contributed by atoms with van der Waals surface area (Å²) in [5, 5.41) is 0. The average molecular weight is 172 g/mol. The highest BCUT2D eigenvalue weighted by Gasteiger charge is 2.18. The van der Waals surface area contributed by atoms with E-state index in [1.807, 2.05) is 6.92 Å². The molecule has 0 fully saturated rings. The smallest absolute Gasteiger partial charge is 0.0749 e. The SMILES string of the molecule is CC(=S)N(C[Si])C(C)(C)C. The van der Waals surface area contributed by atoms with Gasteiger partial charge in [0.1, 0.15) is 0 Å². The monoisotopic (exact) mass is 172 g/mol. The minimum Gasteiger partial charge on any atom is -0.365 e. The van der Waals surface area contributed by atoms with Crippen LogP contribution >= 0.6 is 12.2 Å². The molecule has 0 bridgehead atoms. The van der Waals surface area contributed by atoms with Gasteiger partial charge in [0.25, 0.3) is 0 Å². The maximum atomic E-state index is 5.06. The Morgan fingerprint density at radius 3 is 1.90 bits per heavy atom. The summed E-state index contributed by atoms with van der Waals surface area (Å²) in [5.41, 5.74) is 0.133. The zero-order valence-corrected chi connectivity index (χ0v) is 8.88. The number of thiocarbonyl (C=S) groups is 1. The van der Waals surface area contributed by atoms with Gasteiger partial charge in [-0.1, -0.05) is 12.2 Å². The van der Waals surface area contributed by atoms with Gasteiger partial charge in [-0.3, -0.25) is 0 Å². The molecule has 3 heteroatoms. The van der Waals surface area contributed by atoms with E-state index in [9.17, 15) is 0 Å². The van der Waals surface area contributed by atoms with Gasteiger partial charge in [-0.25, -0.2) is 0 Å². The first-order valence-electron chi connectivity index (χ1n) is 3.32. The van der Waals surface area contributed by atoms with Gasteiger partial charge < -0.3 is 4.90 Å². The third-order valence-electron chi connectivity index (χ3n) is 1.35. The maximum Gasteiger partial charge on any atom is 0.0749 e. The Balaban J connectivity index is 4.22. The van der Waals surface area contributed by atoms with E-state index in [1.165, 1.54) is 0 Å². The Hall–Kier alpha value is 0.107. The molecule has 0 saturated carbocycles. The van der Waals surface area contributed by atoms with Crippen molar-refractivity contribution in [3.8, 4) is 0 Å². The molecule has 1 nitrogen and oxygen atoms in total. The van der Waals surface area contributed by atoms with Crippen LogP contribution in [0.15, 0.2) is 0 Å². The highest BCUT2D eigenvalue weighted by Crippen LogP contribution is 2.12. The molecule has 0 rings (SSSR count). The predicted molar refractivity (Wildman–Crippen MR) is 50.5 cm³/mol. The van der Waals surface area contributed by atoms with Crippen LogP contribution in [-0.4, -0.2) is 31.8 Å². The van der Waals surface area contributed by atoms with Crippen LogP contribution in [-0.2, 0) is 0 Å². The fourth-order valence-corrected chi connectivity index (χ4v) is 1.99. The standard InChI is InChI=1S/C7H14NSSi/c1-6(9)8(5-10)7(2,3)4/h5H2,1-4H3. The highest BCUT2D eigenvalue weighted by atomic mass is 32.1. The van der Waals surface area contributed by atoms with Crippen LogP contribution in [0.1, 0.15) is 27.7 Å². The van der Waals surface area contributed by atoms with E-state index in [0.717, 1.165) is 11.2 Å². The second kappa shape index (κ2) is 3.48. The van der Waals surface area contributed by atoms with E-state index in [2.05, 4.69) is 35.9 Å². The average Bonchev–Trinajstić information content (AvgIpc) is 1.60. The summed E-state index contributed by atoms with van der Waals surface area (Å²) in [7, 11) is 3.44.